The Morgan fingerprint density at radius 3 is 2.72 bits per heavy atom. The minimum Gasteiger partial charge on any atom is -0.322 e. The number of carbonyl (C=O) groups excluding carboxylic acids is 1. The predicted octanol–water partition coefficient (Wildman–Crippen LogP) is 3.72. The van der Waals surface area contributed by atoms with Crippen LogP contribution in [-0.2, 0) is 0 Å². The highest BCUT2D eigenvalue weighted by atomic mass is 19.1. The summed E-state index contributed by atoms with van der Waals surface area (Å²) in [6.45, 7) is 1.84. The van der Waals surface area contributed by atoms with E-state index in [0.29, 0.717) is 11.3 Å². The molecule has 0 spiro atoms. The molecule has 2 aromatic heterocycles. The first-order valence-electron chi connectivity index (χ1n) is 7.45. The van der Waals surface area contributed by atoms with Crippen LogP contribution in [0.5, 0.6) is 0 Å². The van der Waals surface area contributed by atoms with Crippen molar-refractivity contribution < 1.29 is 9.18 Å². The lowest BCUT2D eigenvalue weighted by molar-refractivity contribution is 0.102. The molecule has 5 nitrogen and oxygen atoms in total. The number of pyridine rings is 2. The average molecular weight is 332 g/mol. The van der Waals surface area contributed by atoms with E-state index in [1.807, 2.05) is 25.1 Å². The number of halogens is 1. The number of hydrogen-bond donors (Lipinski definition) is 1. The summed E-state index contributed by atoms with van der Waals surface area (Å²) in [5.74, 6) is -0.861. The van der Waals surface area contributed by atoms with Gasteiger partial charge in [-0.3, -0.25) is 14.8 Å². The van der Waals surface area contributed by atoms with E-state index in [4.69, 9.17) is 5.26 Å². The zero-order valence-corrected chi connectivity index (χ0v) is 13.3. The van der Waals surface area contributed by atoms with E-state index in [9.17, 15) is 9.18 Å². The van der Waals surface area contributed by atoms with Gasteiger partial charge in [0.05, 0.1) is 17.3 Å². The number of nitrogens with zero attached hydrogens (tertiary/aromatic N) is 3. The molecule has 1 N–H and O–H groups in total. The number of amides is 1. The molecule has 0 fully saturated rings. The molecular formula is C19H13FN4O. The summed E-state index contributed by atoms with van der Waals surface area (Å²) in [5.41, 5.74) is 3.18. The van der Waals surface area contributed by atoms with Gasteiger partial charge in [-0.2, -0.15) is 5.26 Å². The van der Waals surface area contributed by atoms with E-state index < -0.39 is 11.7 Å². The van der Waals surface area contributed by atoms with Gasteiger partial charge in [0.1, 0.15) is 11.9 Å². The van der Waals surface area contributed by atoms with Crippen molar-refractivity contribution in [3.05, 3.63) is 77.6 Å². The van der Waals surface area contributed by atoms with Crippen LogP contribution < -0.4 is 5.32 Å². The molecule has 25 heavy (non-hydrogen) atoms. The number of hydrogen-bond acceptors (Lipinski definition) is 4. The Labute approximate surface area is 143 Å². The Hall–Kier alpha value is -3.59. The van der Waals surface area contributed by atoms with Crippen molar-refractivity contribution in [1.82, 2.24) is 9.97 Å². The highest BCUT2D eigenvalue weighted by Crippen LogP contribution is 2.26. The Bertz CT molecular complexity index is 995. The molecule has 0 bridgehead atoms. The predicted molar refractivity (Wildman–Crippen MR) is 91.3 cm³/mol. The zero-order valence-electron chi connectivity index (χ0n) is 13.3. The first-order valence-corrected chi connectivity index (χ1v) is 7.45. The van der Waals surface area contributed by atoms with Crippen molar-refractivity contribution in [1.29, 1.82) is 5.26 Å². The fourth-order valence-electron chi connectivity index (χ4n) is 2.37. The summed E-state index contributed by atoms with van der Waals surface area (Å²) in [5, 5.41) is 11.9. The van der Waals surface area contributed by atoms with Crippen LogP contribution in [0.4, 0.5) is 10.1 Å². The van der Waals surface area contributed by atoms with Crippen LogP contribution in [0.25, 0.3) is 11.1 Å². The number of nitriles is 1. The second-order valence-corrected chi connectivity index (χ2v) is 5.41. The fraction of sp³-hybridized carbons (Fsp3) is 0.0526. The van der Waals surface area contributed by atoms with E-state index in [-0.39, 0.29) is 11.1 Å². The highest BCUT2D eigenvalue weighted by Gasteiger charge is 2.13. The summed E-state index contributed by atoms with van der Waals surface area (Å²) in [7, 11) is 0. The van der Waals surface area contributed by atoms with Crippen LogP contribution in [0, 0.1) is 24.1 Å². The van der Waals surface area contributed by atoms with Crippen LogP contribution >= 0.6 is 0 Å². The molecule has 0 saturated heterocycles. The fourth-order valence-corrected chi connectivity index (χ4v) is 2.37. The summed E-state index contributed by atoms with van der Waals surface area (Å²) in [4.78, 5) is 20.2. The van der Waals surface area contributed by atoms with Gasteiger partial charge in [-0.15, -0.1) is 0 Å². The van der Waals surface area contributed by atoms with Gasteiger partial charge in [-0.1, -0.05) is 12.1 Å². The van der Waals surface area contributed by atoms with E-state index in [1.54, 1.807) is 12.3 Å². The maximum absolute atomic E-state index is 13.4. The van der Waals surface area contributed by atoms with Gasteiger partial charge in [0.25, 0.3) is 5.91 Å². The second kappa shape index (κ2) is 6.89. The van der Waals surface area contributed by atoms with Crippen LogP contribution in [0.1, 0.15) is 21.5 Å². The minimum atomic E-state index is -0.433. The van der Waals surface area contributed by atoms with Gasteiger partial charge >= 0.3 is 0 Å². The molecule has 0 unspecified atom stereocenters. The third kappa shape index (κ3) is 3.51. The summed E-state index contributed by atoms with van der Waals surface area (Å²) in [6.07, 6.45) is 5.49. The van der Waals surface area contributed by atoms with Crippen molar-refractivity contribution in [3.63, 3.8) is 0 Å². The number of aromatic nitrogens is 2. The van der Waals surface area contributed by atoms with E-state index in [0.717, 1.165) is 17.3 Å². The molecule has 0 aliphatic heterocycles. The van der Waals surface area contributed by atoms with Gasteiger partial charge in [0.2, 0.25) is 0 Å². The molecule has 0 saturated carbocycles. The monoisotopic (exact) mass is 332 g/mol. The van der Waals surface area contributed by atoms with Crippen molar-refractivity contribution in [2.45, 2.75) is 6.92 Å². The number of benzene rings is 1. The van der Waals surface area contributed by atoms with Gasteiger partial charge in [0.15, 0.2) is 0 Å². The topological polar surface area (TPSA) is 78.7 Å². The summed E-state index contributed by atoms with van der Waals surface area (Å²) >= 11 is 0. The molecule has 122 valence electrons. The van der Waals surface area contributed by atoms with E-state index in [2.05, 4.69) is 15.3 Å². The Morgan fingerprint density at radius 1 is 1.12 bits per heavy atom. The molecule has 1 aromatic carbocycles. The highest BCUT2D eigenvalue weighted by molar-refractivity contribution is 6.06. The zero-order chi connectivity index (χ0) is 17.8. The largest absolute Gasteiger partial charge is 0.322 e. The van der Waals surface area contributed by atoms with Crippen molar-refractivity contribution in [2.75, 3.05) is 5.32 Å². The van der Waals surface area contributed by atoms with Crippen LogP contribution in [0.15, 0.2) is 55.1 Å². The molecule has 0 atom stereocenters. The number of anilines is 1. The molecule has 0 radical (unpaired) electrons. The standard InChI is InChI=1S/C19H13FN4O/c1-12-2-3-13(15-6-16(20)10-23-9-15)7-18(12)24-19(25)17-11-22-5-4-14(17)8-21/h2-7,9-11H,1H3,(H,24,25). The molecule has 2 heterocycles. The number of rotatable bonds is 3. The Balaban J connectivity index is 1.94. The van der Waals surface area contributed by atoms with Crippen molar-refractivity contribution in [2.24, 2.45) is 0 Å². The number of nitrogens with one attached hydrogen (secondary N) is 1. The molecule has 1 amide bonds. The third-order valence-corrected chi connectivity index (χ3v) is 3.71. The van der Waals surface area contributed by atoms with Crippen molar-refractivity contribution >= 4 is 11.6 Å². The molecular weight excluding hydrogens is 319 g/mol. The van der Waals surface area contributed by atoms with Gasteiger partial charge in [0, 0.05) is 29.8 Å². The average Bonchev–Trinajstić information content (AvgIpc) is 2.63. The molecule has 0 aliphatic carbocycles. The van der Waals surface area contributed by atoms with E-state index >= 15 is 0 Å². The van der Waals surface area contributed by atoms with Gasteiger partial charge in [-0.25, -0.2) is 4.39 Å². The molecule has 6 heteroatoms. The molecule has 3 rings (SSSR count). The number of aryl methyl sites for hydroxylation is 1. The smallest absolute Gasteiger partial charge is 0.258 e. The first kappa shape index (κ1) is 16.3. The quantitative estimate of drug-likeness (QED) is 0.793. The van der Waals surface area contributed by atoms with Gasteiger partial charge in [-0.05, 0) is 36.2 Å². The van der Waals surface area contributed by atoms with E-state index in [1.165, 1.54) is 24.5 Å². The molecule has 0 aliphatic rings. The lowest BCUT2D eigenvalue weighted by atomic mass is 10.0. The first-order chi connectivity index (χ1) is 12.1. The minimum absolute atomic E-state index is 0.197. The van der Waals surface area contributed by atoms with Crippen molar-refractivity contribution in [3.8, 4) is 17.2 Å². The Kier molecular flexibility index (Phi) is 4.48. The number of carbonyl (C=O) groups is 1. The normalized spacial score (nSPS) is 10.1. The van der Waals surface area contributed by atoms with Crippen LogP contribution in [0.3, 0.4) is 0 Å². The summed E-state index contributed by atoms with van der Waals surface area (Å²) < 4.78 is 13.4. The SMILES string of the molecule is Cc1ccc(-c2cncc(F)c2)cc1NC(=O)c1cnccc1C#N. The van der Waals surface area contributed by atoms with Crippen LogP contribution in [-0.4, -0.2) is 15.9 Å². The maximum Gasteiger partial charge on any atom is 0.258 e. The summed E-state index contributed by atoms with van der Waals surface area (Å²) in [6, 6.07) is 10.2. The maximum atomic E-state index is 13.4. The van der Waals surface area contributed by atoms with Gasteiger partial charge < -0.3 is 5.32 Å². The van der Waals surface area contributed by atoms with Crippen LogP contribution in [0.2, 0.25) is 0 Å². The Morgan fingerprint density at radius 2 is 1.96 bits per heavy atom. The second-order valence-electron chi connectivity index (χ2n) is 5.41. The lowest BCUT2D eigenvalue weighted by Gasteiger charge is -2.11. The third-order valence-electron chi connectivity index (χ3n) is 3.71. The molecule has 3 aromatic rings. The lowest BCUT2D eigenvalue weighted by Crippen LogP contribution is -2.14.